The minimum atomic E-state index is -0.330. The fraction of sp³-hybridized carbons (Fsp3) is 0.444. The average molecular weight is 407 g/mol. The van der Waals surface area contributed by atoms with Gasteiger partial charge in [-0.1, -0.05) is 20.8 Å². The second-order valence-electron chi connectivity index (χ2n) is 7.18. The lowest BCUT2D eigenvalue weighted by molar-refractivity contribution is 0.0996. The first-order chi connectivity index (χ1) is 11.3. The highest BCUT2D eigenvalue weighted by Gasteiger charge is 2.32. The van der Waals surface area contributed by atoms with Gasteiger partial charge in [0.1, 0.15) is 11.1 Å². The third-order valence-corrected chi connectivity index (χ3v) is 6.22. The van der Waals surface area contributed by atoms with Crippen molar-refractivity contribution in [3.05, 3.63) is 38.6 Å². The predicted molar refractivity (Wildman–Crippen MR) is 98.4 cm³/mol. The van der Waals surface area contributed by atoms with Gasteiger partial charge in [-0.15, -0.1) is 11.3 Å². The van der Waals surface area contributed by atoms with Crippen LogP contribution in [0.4, 0.5) is 5.00 Å². The van der Waals surface area contributed by atoms with Gasteiger partial charge < -0.3 is 9.73 Å². The lowest BCUT2D eigenvalue weighted by Gasteiger charge is -2.33. The number of hydrogen-bond donors (Lipinski definition) is 1. The van der Waals surface area contributed by atoms with Crippen LogP contribution in [0, 0.1) is 22.7 Å². The molecule has 0 radical (unpaired) electrons. The molecule has 2 heterocycles. The maximum Gasteiger partial charge on any atom is 0.292 e. The highest BCUT2D eigenvalue weighted by atomic mass is 79.9. The largest absolute Gasteiger partial charge is 0.444 e. The molecular weight excluding hydrogens is 388 g/mol. The first kappa shape index (κ1) is 17.2. The van der Waals surface area contributed by atoms with Crippen molar-refractivity contribution in [3.63, 3.8) is 0 Å². The summed E-state index contributed by atoms with van der Waals surface area (Å²) in [5, 5.41) is 13.0. The Morgan fingerprint density at radius 2 is 2.21 bits per heavy atom. The maximum absolute atomic E-state index is 12.3. The molecule has 126 valence electrons. The topological polar surface area (TPSA) is 66.0 Å². The van der Waals surface area contributed by atoms with E-state index in [1.54, 1.807) is 12.1 Å². The number of thiophene rings is 1. The zero-order valence-corrected chi connectivity index (χ0v) is 16.3. The number of amides is 1. The number of furan rings is 1. The van der Waals surface area contributed by atoms with Gasteiger partial charge in [0.25, 0.3) is 5.91 Å². The molecule has 0 aliphatic heterocycles. The molecule has 1 aliphatic carbocycles. The molecule has 3 rings (SSSR count). The summed E-state index contributed by atoms with van der Waals surface area (Å²) in [4.78, 5) is 13.5. The van der Waals surface area contributed by atoms with Crippen LogP contribution in [0.1, 0.15) is 53.8 Å². The zero-order chi connectivity index (χ0) is 17.5. The summed E-state index contributed by atoms with van der Waals surface area (Å²) in [6, 6.07) is 5.56. The van der Waals surface area contributed by atoms with Crippen molar-refractivity contribution in [1.29, 1.82) is 5.26 Å². The summed E-state index contributed by atoms with van der Waals surface area (Å²) in [5.41, 5.74) is 1.97. The van der Waals surface area contributed by atoms with E-state index in [-0.39, 0.29) is 17.1 Å². The van der Waals surface area contributed by atoms with Crippen molar-refractivity contribution >= 4 is 38.2 Å². The van der Waals surface area contributed by atoms with Gasteiger partial charge >= 0.3 is 0 Å². The number of anilines is 1. The van der Waals surface area contributed by atoms with Crippen LogP contribution in [-0.4, -0.2) is 5.91 Å². The Labute approximate surface area is 154 Å². The van der Waals surface area contributed by atoms with Crippen molar-refractivity contribution in [2.45, 2.75) is 40.0 Å². The van der Waals surface area contributed by atoms with Crippen LogP contribution >= 0.6 is 27.3 Å². The number of halogens is 1. The smallest absolute Gasteiger partial charge is 0.292 e. The standard InChI is InChI=1S/C18H19BrN2O2S/c1-18(2,3)10-4-5-11-12(9-20)17(24-14(11)8-10)21-16(22)13-6-7-15(19)23-13/h6-7,10H,4-5,8H2,1-3H3,(H,21,22). The van der Waals surface area contributed by atoms with Crippen LogP contribution in [-0.2, 0) is 12.8 Å². The lowest BCUT2D eigenvalue weighted by Crippen LogP contribution is -2.26. The fourth-order valence-corrected chi connectivity index (χ4v) is 4.71. The third-order valence-electron chi connectivity index (χ3n) is 4.63. The first-order valence-electron chi connectivity index (χ1n) is 7.91. The van der Waals surface area contributed by atoms with Crippen molar-refractivity contribution < 1.29 is 9.21 Å². The van der Waals surface area contributed by atoms with Gasteiger partial charge in [0.15, 0.2) is 10.4 Å². The number of nitriles is 1. The molecule has 0 saturated carbocycles. The highest BCUT2D eigenvalue weighted by molar-refractivity contribution is 9.10. The Balaban J connectivity index is 1.87. The number of hydrogen-bond acceptors (Lipinski definition) is 4. The minimum Gasteiger partial charge on any atom is -0.444 e. The number of fused-ring (bicyclic) bond motifs is 1. The minimum absolute atomic E-state index is 0.227. The van der Waals surface area contributed by atoms with Crippen LogP contribution in [0.15, 0.2) is 21.2 Å². The van der Waals surface area contributed by atoms with E-state index >= 15 is 0 Å². The average Bonchev–Trinajstić information content (AvgIpc) is 3.08. The summed E-state index contributed by atoms with van der Waals surface area (Å²) in [5.74, 6) is 0.493. The maximum atomic E-state index is 12.3. The van der Waals surface area contributed by atoms with E-state index in [0.717, 1.165) is 24.8 Å². The summed E-state index contributed by atoms with van der Waals surface area (Å²) in [6.45, 7) is 6.79. The van der Waals surface area contributed by atoms with E-state index < -0.39 is 0 Å². The van der Waals surface area contributed by atoms with E-state index in [4.69, 9.17) is 4.42 Å². The van der Waals surface area contributed by atoms with Gasteiger partial charge in [0, 0.05) is 4.88 Å². The summed E-state index contributed by atoms with van der Waals surface area (Å²) >= 11 is 4.72. The molecule has 0 saturated heterocycles. The van der Waals surface area contributed by atoms with E-state index in [0.29, 0.717) is 21.2 Å². The summed E-state index contributed by atoms with van der Waals surface area (Å²) < 4.78 is 5.79. The molecule has 1 N–H and O–H groups in total. The molecule has 6 heteroatoms. The molecule has 24 heavy (non-hydrogen) atoms. The van der Waals surface area contributed by atoms with Gasteiger partial charge in [-0.05, 0) is 64.2 Å². The van der Waals surface area contributed by atoms with Crippen molar-refractivity contribution in [2.24, 2.45) is 11.3 Å². The van der Waals surface area contributed by atoms with Crippen LogP contribution in [0.2, 0.25) is 0 Å². The molecule has 2 aromatic rings. The third kappa shape index (κ3) is 3.28. The van der Waals surface area contributed by atoms with Gasteiger partial charge in [-0.2, -0.15) is 5.26 Å². The number of rotatable bonds is 2. The van der Waals surface area contributed by atoms with Gasteiger partial charge in [-0.25, -0.2) is 0 Å². The molecule has 0 fully saturated rings. The van der Waals surface area contributed by atoms with Crippen LogP contribution < -0.4 is 5.32 Å². The second-order valence-corrected chi connectivity index (χ2v) is 9.07. The van der Waals surface area contributed by atoms with Crippen molar-refractivity contribution in [1.82, 2.24) is 0 Å². The lowest BCUT2D eigenvalue weighted by atomic mass is 9.72. The van der Waals surface area contributed by atoms with Crippen molar-refractivity contribution in [3.8, 4) is 6.07 Å². The molecule has 2 aromatic heterocycles. The number of nitrogens with one attached hydrogen (secondary N) is 1. The summed E-state index contributed by atoms with van der Waals surface area (Å²) in [7, 11) is 0. The Bertz CT molecular complexity index is 823. The number of carbonyl (C=O) groups is 1. The summed E-state index contributed by atoms with van der Waals surface area (Å²) in [6.07, 6.45) is 2.96. The Hall–Kier alpha value is -1.58. The normalized spacial score (nSPS) is 17.2. The molecule has 1 unspecified atom stereocenters. The quantitative estimate of drug-likeness (QED) is 0.727. The van der Waals surface area contributed by atoms with Crippen LogP contribution in [0.5, 0.6) is 0 Å². The predicted octanol–water partition coefficient (Wildman–Crippen LogP) is 5.38. The highest BCUT2D eigenvalue weighted by Crippen LogP contribution is 2.44. The van der Waals surface area contributed by atoms with Gasteiger partial charge in [0.05, 0.1) is 5.56 Å². The monoisotopic (exact) mass is 406 g/mol. The van der Waals surface area contributed by atoms with E-state index in [1.165, 1.54) is 16.2 Å². The van der Waals surface area contributed by atoms with E-state index in [9.17, 15) is 10.1 Å². The molecule has 4 nitrogen and oxygen atoms in total. The van der Waals surface area contributed by atoms with Crippen molar-refractivity contribution in [2.75, 3.05) is 5.32 Å². The SMILES string of the molecule is CC(C)(C)C1CCc2c(sc(NC(=O)c3ccc(Br)o3)c2C#N)C1. The molecular formula is C18H19BrN2O2S. The zero-order valence-electron chi connectivity index (χ0n) is 13.9. The molecule has 1 atom stereocenters. The van der Waals surface area contributed by atoms with Crippen LogP contribution in [0.25, 0.3) is 0 Å². The fourth-order valence-electron chi connectivity index (χ4n) is 3.13. The Morgan fingerprint density at radius 1 is 1.46 bits per heavy atom. The Kier molecular flexibility index (Phi) is 4.58. The Morgan fingerprint density at radius 3 is 2.79 bits per heavy atom. The number of carbonyl (C=O) groups excluding carboxylic acids is 1. The first-order valence-corrected chi connectivity index (χ1v) is 9.52. The van der Waals surface area contributed by atoms with E-state index in [1.807, 2.05) is 0 Å². The second kappa shape index (κ2) is 6.38. The molecule has 1 amide bonds. The molecule has 0 aromatic carbocycles. The molecule has 0 bridgehead atoms. The van der Waals surface area contributed by atoms with Gasteiger partial charge in [-0.3, -0.25) is 4.79 Å². The van der Waals surface area contributed by atoms with Crippen LogP contribution in [0.3, 0.4) is 0 Å². The van der Waals surface area contributed by atoms with E-state index in [2.05, 4.69) is 48.1 Å². The number of nitrogens with zero attached hydrogens (tertiary/aromatic N) is 1. The molecule has 0 spiro atoms. The molecule has 1 aliphatic rings. The van der Waals surface area contributed by atoms with Gasteiger partial charge in [0.2, 0.25) is 0 Å².